The molecule has 1 aliphatic carbocycles. The molecule has 5 nitrogen and oxygen atoms in total. The lowest BCUT2D eigenvalue weighted by molar-refractivity contribution is -0.140. The Labute approximate surface area is 127 Å². The van der Waals surface area contributed by atoms with Crippen LogP contribution in [0.25, 0.3) is 0 Å². The molecule has 1 saturated carbocycles. The van der Waals surface area contributed by atoms with Crippen molar-refractivity contribution >= 4 is 12.0 Å². The number of likely N-dealkylation sites (N-methyl/N-ethyl adjacent to an activating group) is 1. The SMILES string of the molecule is C=C(C)CN(CC)C(=O)N(C)C1(CC(=O)O)CCCCC1. The summed E-state index contributed by atoms with van der Waals surface area (Å²) >= 11 is 0. The minimum absolute atomic E-state index is 0.0276. The van der Waals surface area contributed by atoms with Crippen molar-refractivity contribution in [3.05, 3.63) is 12.2 Å². The van der Waals surface area contributed by atoms with Gasteiger partial charge in [0, 0.05) is 20.1 Å². The van der Waals surface area contributed by atoms with E-state index in [9.17, 15) is 14.7 Å². The number of aliphatic carboxylic acids is 1. The van der Waals surface area contributed by atoms with Gasteiger partial charge in [0.2, 0.25) is 0 Å². The van der Waals surface area contributed by atoms with Crippen molar-refractivity contribution in [2.24, 2.45) is 0 Å². The summed E-state index contributed by atoms with van der Waals surface area (Å²) in [5, 5.41) is 9.24. The third kappa shape index (κ3) is 4.48. The summed E-state index contributed by atoms with van der Waals surface area (Å²) in [6.07, 6.45) is 4.65. The van der Waals surface area contributed by atoms with Crippen molar-refractivity contribution in [2.45, 2.75) is 57.9 Å². The van der Waals surface area contributed by atoms with Gasteiger partial charge in [-0.1, -0.05) is 31.4 Å². The number of carbonyl (C=O) groups is 2. The average Bonchev–Trinajstić information content (AvgIpc) is 2.43. The van der Waals surface area contributed by atoms with Gasteiger partial charge in [0.25, 0.3) is 0 Å². The molecule has 0 aliphatic heterocycles. The molecule has 1 fully saturated rings. The molecule has 0 aromatic heterocycles. The van der Waals surface area contributed by atoms with E-state index in [0.717, 1.165) is 37.7 Å². The van der Waals surface area contributed by atoms with E-state index in [-0.39, 0.29) is 12.5 Å². The average molecular weight is 296 g/mol. The molecule has 0 unspecified atom stereocenters. The van der Waals surface area contributed by atoms with Crippen LogP contribution in [0.4, 0.5) is 4.79 Å². The minimum Gasteiger partial charge on any atom is -0.481 e. The monoisotopic (exact) mass is 296 g/mol. The quantitative estimate of drug-likeness (QED) is 0.766. The Morgan fingerprint density at radius 2 is 1.81 bits per heavy atom. The van der Waals surface area contributed by atoms with Gasteiger partial charge < -0.3 is 14.9 Å². The van der Waals surface area contributed by atoms with Crippen LogP contribution in [0, 0.1) is 0 Å². The number of carbonyl (C=O) groups excluding carboxylic acids is 1. The maximum absolute atomic E-state index is 12.7. The summed E-state index contributed by atoms with van der Waals surface area (Å²) in [7, 11) is 1.75. The third-order valence-electron chi connectivity index (χ3n) is 4.38. The van der Waals surface area contributed by atoms with Crippen molar-refractivity contribution < 1.29 is 14.7 Å². The molecule has 0 radical (unpaired) electrons. The van der Waals surface area contributed by atoms with Gasteiger partial charge in [0.15, 0.2) is 0 Å². The van der Waals surface area contributed by atoms with Crippen LogP contribution in [0.5, 0.6) is 0 Å². The molecular formula is C16H28N2O3. The molecule has 21 heavy (non-hydrogen) atoms. The minimum atomic E-state index is -0.834. The summed E-state index contributed by atoms with van der Waals surface area (Å²) in [6, 6.07) is -0.0938. The zero-order valence-electron chi connectivity index (χ0n) is 13.5. The van der Waals surface area contributed by atoms with Crippen LogP contribution < -0.4 is 0 Å². The van der Waals surface area contributed by atoms with Crippen LogP contribution in [0.2, 0.25) is 0 Å². The van der Waals surface area contributed by atoms with Gasteiger partial charge in [0.05, 0.1) is 12.0 Å². The normalized spacial score (nSPS) is 17.1. The van der Waals surface area contributed by atoms with Crippen molar-refractivity contribution in [3.63, 3.8) is 0 Å². The highest BCUT2D eigenvalue weighted by Gasteiger charge is 2.41. The zero-order valence-corrected chi connectivity index (χ0v) is 13.5. The molecule has 2 amide bonds. The van der Waals surface area contributed by atoms with Gasteiger partial charge in [0.1, 0.15) is 0 Å². The molecule has 0 atom stereocenters. The molecule has 0 bridgehead atoms. The van der Waals surface area contributed by atoms with E-state index in [1.54, 1.807) is 16.8 Å². The first-order valence-electron chi connectivity index (χ1n) is 7.71. The highest BCUT2D eigenvalue weighted by Crippen LogP contribution is 2.36. The topological polar surface area (TPSA) is 60.9 Å². The van der Waals surface area contributed by atoms with E-state index in [2.05, 4.69) is 6.58 Å². The molecule has 1 aliphatic rings. The lowest BCUT2D eigenvalue weighted by Gasteiger charge is -2.45. The number of urea groups is 1. The van der Waals surface area contributed by atoms with Gasteiger partial charge in [-0.15, -0.1) is 0 Å². The van der Waals surface area contributed by atoms with Gasteiger partial charge in [-0.05, 0) is 26.7 Å². The van der Waals surface area contributed by atoms with Crippen LogP contribution >= 0.6 is 0 Å². The molecule has 1 rings (SSSR count). The highest BCUT2D eigenvalue weighted by molar-refractivity contribution is 5.77. The maximum Gasteiger partial charge on any atom is 0.320 e. The maximum atomic E-state index is 12.7. The molecule has 0 heterocycles. The Morgan fingerprint density at radius 1 is 1.24 bits per heavy atom. The van der Waals surface area contributed by atoms with Crippen molar-refractivity contribution in [1.29, 1.82) is 0 Å². The molecule has 1 N–H and O–H groups in total. The van der Waals surface area contributed by atoms with Gasteiger partial charge >= 0.3 is 12.0 Å². The lowest BCUT2D eigenvalue weighted by atomic mass is 9.78. The Balaban J connectivity index is 2.92. The van der Waals surface area contributed by atoms with E-state index in [1.165, 1.54) is 0 Å². The number of hydrogen-bond acceptors (Lipinski definition) is 2. The number of nitrogens with zero attached hydrogens (tertiary/aromatic N) is 2. The Bertz CT molecular complexity index is 400. The Hall–Kier alpha value is -1.52. The third-order valence-corrected chi connectivity index (χ3v) is 4.38. The van der Waals surface area contributed by atoms with Crippen molar-refractivity contribution in [2.75, 3.05) is 20.1 Å². The van der Waals surface area contributed by atoms with E-state index < -0.39 is 11.5 Å². The van der Waals surface area contributed by atoms with Crippen LogP contribution in [0.1, 0.15) is 52.4 Å². The molecule has 0 aromatic rings. The fourth-order valence-electron chi connectivity index (χ4n) is 3.18. The van der Waals surface area contributed by atoms with E-state index in [4.69, 9.17) is 0 Å². The van der Waals surface area contributed by atoms with E-state index in [1.807, 2.05) is 13.8 Å². The molecule has 5 heteroatoms. The predicted octanol–water partition coefficient (Wildman–Crippen LogP) is 3.11. The molecule has 0 spiro atoms. The standard InChI is InChI=1S/C16H28N2O3/c1-5-18(12-13(2)3)15(21)17(4)16(11-14(19)20)9-7-6-8-10-16/h2,5-12H2,1,3-4H3,(H,19,20). The zero-order chi connectivity index (χ0) is 16.0. The van der Waals surface area contributed by atoms with Crippen LogP contribution in [-0.2, 0) is 4.79 Å². The predicted molar refractivity (Wildman–Crippen MR) is 83.3 cm³/mol. The fraction of sp³-hybridized carbons (Fsp3) is 0.750. The highest BCUT2D eigenvalue weighted by atomic mass is 16.4. The van der Waals surface area contributed by atoms with Crippen LogP contribution in [0.15, 0.2) is 12.2 Å². The van der Waals surface area contributed by atoms with Crippen molar-refractivity contribution in [1.82, 2.24) is 9.80 Å². The molecule has 0 aromatic carbocycles. The summed E-state index contributed by atoms with van der Waals surface area (Å²) < 4.78 is 0. The smallest absolute Gasteiger partial charge is 0.320 e. The summed E-state index contributed by atoms with van der Waals surface area (Å²) in [5.74, 6) is -0.834. The summed E-state index contributed by atoms with van der Waals surface area (Å²) in [4.78, 5) is 27.4. The largest absolute Gasteiger partial charge is 0.481 e. The Morgan fingerprint density at radius 3 is 2.24 bits per heavy atom. The number of carboxylic acids is 1. The second-order valence-electron chi connectivity index (χ2n) is 6.17. The van der Waals surface area contributed by atoms with E-state index >= 15 is 0 Å². The van der Waals surface area contributed by atoms with Gasteiger partial charge in [-0.2, -0.15) is 0 Å². The second-order valence-corrected chi connectivity index (χ2v) is 6.17. The van der Waals surface area contributed by atoms with Crippen molar-refractivity contribution in [3.8, 4) is 0 Å². The van der Waals surface area contributed by atoms with Gasteiger partial charge in [-0.3, -0.25) is 4.79 Å². The number of amides is 2. The first-order valence-corrected chi connectivity index (χ1v) is 7.71. The number of hydrogen-bond donors (Lipinski definition) is 1. The summed E-state index contributed by atoms with van der Waals surface area (Å²) in [5.41, 5.74) is 0.387. The molecular weight excluding hydrogens is 268 g/mol. The fourth-order valence-corrected chi connectivity index (χ4v) is 3.18. The van der Waals surface area contributed by atoms with Crippen LogP contribution in [-0.4, -0.2) is 52.6 Å². The second kappa shape index (κ2) is 7.48. The van der Waals surface area contributed by atoms with E-state index in [0.29, 0.717) is 13.1 Å². The lowest BCUT2D eigenvalue weighted by Crippen LogP contribution is -2.56. The number of carboxylic acid groups (broad SMARTS) is 1. The molecule has 0 saturated heterocycles. The molecule has 120 valence electrons. The Kier molecular flexibility index (Phi) is 6.24. The number of rotatable bonds is 6. The van der Waals surface area contributed by atoms with Gasteiger partial charge in [-0.25, -0.2) is 4.79 Å². The summed E-state index contributed by atoms with van der Waals surface area (Å²) in [6.45, 7) is 8.79. The van der Waals surface area contributed by atoms with Crippen LogP contribution in [0.3, 0.4) is 0 Å². The first-order chi connectivity index (χ1) is 9.82. The first kappa shape index (κ1) is 17.5.